The van der Waals surface area contributed by atoms with Gasteiger partial charge in [0, 0.05) is 12.1 Å². The van der Waals surface area contributed by atoms with E-state index in [1.807, 2.05) is 0 Å². The highest BCUT2D eigenvalue weighted by molar-refractivity contribution is 7.89. The fourth-order valence-electron chi connectivity index (χ4n) is 1.78. The van der Waals surface area contributed by atoms with E-state index in [0.29, 0.717) is 0 Å². The molecule has 0 saturated carbocycles. The van der Waals surface area contributed by atoms with E-state index in [0.717, 1.165) is 0 Å². The van der Waals surface area contributed by atoms with E-state index < -0.39 is 25.6 Å². The average molecular weight is 332 g/mol. The van der Waals surface area contributed by atoms with Gasteiger partial charge >= 0.3 is 0 Å². The van der Waals surface area contributed by atoms with Gasteiger partial charge in [-0.1, -0.05) is 6.08 Å². The molecular weight excluding hydrogens is 312 g/mol. The van der Waals surface area contributed by atoms with Crippen LogP contribution in [0.4, 0.5) is 0 Å². The Kier molecular flexibility index (Phi) is 4.99. The predicted octanol–water partition coefficient (Wildman–Crippen LogP) is 1.31. The first kappa shape index (κ1) is 17.8. The number of sulfonamides is 2. The van der Waals surface area contributed by atoms with Crippen LogP contribution in [0.15, 0.2) is 46.7 Å². The Balaban J connectivity index is 3.33. The first-order valence-electron chi connectivity index (χ1n) is 6.17. The van der Waals surface area contributed by atoms with Crippen LogP contribution in [0, 0.1) is 0 Å². The minimum atomic E-state index is -3.85. The highest BCUT2D eigenvalue weighted by Crippen LogP contribution is 2.25. The molecule has 0 radical (unpaired) electrons. The van der Waals surface area contributed by atoms with E-state index in [4.69, 9.17) is 5.14 Å². The van der Waals surface area contributed by atoms with Crippen LogP contribution in [0.3, 0.4) is 0 Å². The number of hydrogen-bond donors (Lipinski definition) is 1. The van der Waals surface area contributed by atoms with E-state index in [1.165, 1.54) is 34.6 Å². The topological polar surface area (TPSA) is 97.5 Å². The van der Waals surface area contributed by atoms with Gasteiger partial charge in [0.05, 0.1) is 9.79 Å². The highest BCUT2D eigenvalue weighted by Gasteiger charge is 2.33. The number of primary sulfonamides is 1. The van der Waals surface area contributed by atoms with Gasteiger partial charge in [-0.05, 0) is 45.0 Å². The second-order valence-corrected chi connectivity index (χ2v) is 8.94. The first-order valence-corrected chi connectivity index (χ1v) is 9.16. The molecule has 0 fully saturated rings. The van der Waals surface area contributed by atoms with Crippen LogP contribution in [0.1, 0.15) is 20.8 Å². The van der Waals surface area contributed by atoms with Gasteiger partial charge in [0.25, 0.3) is 0 Å². The summed E-state index contributed by atoms with van der Waals surface area (Å²) in [6.07, 6.45) is 1.50. The Morgan fingerprint density at radius 3 is 1.86 bits per heavy atom. The third-order valence-corrected chi connectivity index (χ3v) is 5.86. The Bertz CT molecular complexity index is 714. The maximum Gasteiger partial charge on any atom is 0.243 e. The summed E-state index contributed by atoms with van der Waals surface area (Å²) in [7, 11) is -7.61. The van der Waals surface area contributed by atoms with E-state index in [9.17, 15) is 16.8 Å². The summed E-state index contributed by atoms with van der Waals surface area (Å²) in [5.41, 5.74) is -0.633. The Labute approximate surface area is 126 Å². The fraction of sp³-hybridized carbons (Fsp3) is 0.385. The van der Waals surface area contributed by atoms with Gasteiger partial charge in [0.15, 0.2) is 0 Å². The third-order valence-electron chi connectivity index (χ3n) is 2.78. The lowest BCUT2D eigenvalue weighted by Crippen LogP contribution is -2.45. The number of benzene rings is 1. The molecule has 2 N–H and O–H groups in total. The molecule has 21 heavy (non-hydrogen) atoms. The molecule has 0 spiro atoms. The minimum absolute atomic E-state index is 0.00618. The summed E-state index contributed by atoms with van der Waals surface area (Å²) in [6, 6.07) is 4.82. The second kappa shape index (κ2) is 5.88. The van der Waals surface area contributed by atoms with E-state index in [-0.39, 0.29) is 16.3 Å². The standard InChI is InChI=1S/C13H20N2O4S2/c1-5-10-15(13(2,3)4)21(18,19)12-8-6-11(7-9-12)20(14,16)17/h5-9H,1,10H2,2-4H3,(H2,14,16,17). The van der Waals surface area contributed by atoms with Gasteiger partial charge < -0.3 is 0 Å². The van der Waals surface area contributed by atoms with Gasteiger partial charge in [0.1, 0.15) is 0 Å². The van der Waals surface area contributed by atoms with Gasteiger partial charge in [0.2, 0.25) is 20.0 Å². The van der Waals surface area contributed by atoms with Crippen molar-refractivity contribution in [3.8, 4) is 0 Å². The van der Waals surface area contributed by atoms with Crippen molar-refractivity contribution in [2.75, 3.05) is 6.54 Å². The minimum Gasteiger partial charge on any atom is -0.225 e. The zero-order valence-electron chi connectivity index (χ0n) is 12.3. The molecule has 0 heterocycles. The first-order chi connectivity index (χ1) is 9.40. The molecule has 1 aromatic carbocycles. The molecule has 0 saturated heterocycles. The Morgan fingerprint density at radius 1 is 1.10 bits per heavy atom. The van der Waals surface area contributed by atoms with Crippen LogP contribution < -0.4 is 5.14 Å². The van der Waals surface area contributed by atoms with Crippen LogP contribution >= 0.6 is 0 Å². The van der Waals surface area contributed by atoms with Crippen molar-refractivity contribution in [3.63, 3.8) is 0 Å². The summed E-state index contributed by atoms with van der Waals surface area (Å²) in [5.74, 6) is 0. The zero-order chi connectivity index (χ0) is 16.5. The van der Waals surface area contributed by atoms with Crippen LogP contribution in [0.2, 0.25) is 0 Å². The molecule has 1 aromatic rings. The van der Waals surface area contributed by atoms with Gasteiger partial charge in [-0.2, -0.15) is 4.31 Å². The number of hydrogen-bond acceptors (Lipinski definition) is 4. The van der Waals surface area contributed by atoms with Crippen LogP contribution in [0.5, 0.6) is 0 Å². The fourth-order valence-corrected chi connectivity index (χ4v) is 4.05. The van der Waals surface area contributed by atoms with Gasteiger partial charge in [-0.25, -0.2) is 22.0 Å². The number of rotatable bonds is 5. The SMILES string of the molecule is C=CCN(C(C)(C)C)S(=O)(=O)c1ccc(S(N)(=O)=O)cc1. The molecule has 0 atom stereocenters. The molecule has 0 bridgehead atoms. The van der Waals surface area contributed by atoms with Crippen molar-refractivity contribution in [1.82, 2.24) is 4.31 Å². The molecule has 0 aliphatic rings. The predicted molar refractivity (Wildman–Crippen MR) is 81.7 cm³/mol. The molecule has 0 unspecified atom stereocenters. The van der Waals surface area contributed by atoms with E-state index in [2.05, 4.69) is 6.58 Å². The molecule has 0 amide bonds. The lowest BCUT2D eigenvalue weighted by molar-refractivity contribution is 0.270. The van der Waals surface area contributed by atoms with Crippen molar-refractivity contribution < 1.29 is 16.8 Å². The molecule has 1 rings (SSSR count). The smallest absolute Gasteiger partial charge is 0.225 e. The normalized spacial score (nSPS) is 13.4. The van der Waals surface area contributed by atoms with Crippen LogP contribution in [-0.2, 0) is 20.0 Å². The number of nitrogens with two attached hydrogens (primary N) is 1. The third kappa shape index (κ3) is 4.13. The van der Waals surface area contributed by atoms with Crippen LogP contribution in [-0.4, -0.2) is 33.2 Å². The van der Waals surface area contributed by atoms with Crippen LogP contribution in [0.25, 0.3) is 0 Å². The van der Waals surface area contributed by atoms with Crippen molar-refractivity contribution >= 4 is 20.0 Å². The summed E-state index contributed by atoms with van der Waals surface area (Å²) in [4.78, 5) is -0.126. The zero-order valence-corrected chi connectivity index (χ0v) is 13.9. The van der Waals surface area contributed by atoms with E-state index in [1.54, 1.807) is 20.8 Å². The van der Waals surface area contributed by atoms with Crippen molar-refractivity contribution in [3.05, 3.63) is 36.9 Å². The molecular formula is C13H20N2O4S2. The maximum absolute atomic E-state index is 12.6. The molecule has 0 aliphatic carbocycles. The van der Waals surface area contributed by atoms with Crippen molar-refractivity contribution in [1.29, 1.82) is 0 Å². The Morgan fingerprint density at radius 2 is 1.52 bits per heavy atom. The molecule has 118 valence electrons. The van der Waals surface area contributed by atoms with Gasteiger partial charge in [-0.3, -0.25) is 0 Å². The lowest BCUT2D eigenvalue weighted by Gasteiger charge is -2.33. The molecule has 0 aliphatic heterocycles. The monoisotopic (exact) mass is 332 g/mol. The lowest BCUT2D eigenvalue weighted by atomic mass is 10.1. The summed E-state index contributed by atoms with van der Waals surface area (Å²) < 4.78 is 48.9. The summed E-state index contributed by atoms with van der Waals surface area (Å²) in [6.45, 7) is 9.03. The van der Waals surface area contributed by atoms with E-state index >= 15 is 0 Å². The Hall–Kier alpha value is -1.22. The number of nitrogens with zero attached hydrogens (tertiary/aromatic N) is 1. The average Bonchev–Trinajstić information content (AvgIpc) is 2.33. The maximum atomic E-state index is 12.6. The summed E-state index contributed by atoms with van der Waals surface area (Å²) in [5, 5.41) is 4.99. The highest BCUT2D eigenvalue weighted by atomic mass is 32.2. The summed E-state index contributed by atoms with van der Waals surface area (Å²) >= 11 is 0. The molecule has 0 aromatic heterocycles. The van der Waals surface area contributed by atoms with Crippen molar-refractivity contribution in [2.45, 2.75) is 36.1 Å². The largest absolute Gasteiger partial charge is 0.243 e. The molecule has 6 nitrogen and oxygen atoms in total. The van der Waals surface area contributed by atoms with Crippen molar-refractivity contribution in [2.24, 2.45) is 5.14 Å². The van der Waals surface area contributed by atoms with Gasteiger partial charge in [-0.15, -0.1) is 6.58 Å². The molecule has 8 heteroatoms. The second-order valence-electron chi connectivity index (χ2n) is 5.51. The quantitative estimate of drug-likeness (QED) is 0.822.